The molecule has 0 unspecified atom stereocenters. The number of fused-ring (bicyclic) bond motifs is 1. The molecular weight excluding hydrogens is 462 g/mol. The lowest BCUT2D eigenvalue weighted by Crippen LogP contribution is -2.48. The third kappa shape index (κ3) is 6.61. The van der Waals surface area contributed by atoms with Crippen LogP contribution in [-0.4, -0.2) is 87.2 Å². The summed E-state index contributed by atoms with van der Waals surface area (Å²) in [5.74, 6) is -0.365. The monoisotopic (exact) mass is 497 g/mol. The van der Waals surface area contributed by atoms with E-state index in [2.05, 4.69) is 5.32 Å². The van der Waals surface area contributed by atoms with Crippen LogP contribution in [0, 0.1) is 5.92 Å². The molecule has 36 heavy (non-hydrogen) atoms. The Morgan fingerprint density at radius 2 is 1.81 bits per heavy atom. The Hall–Kier alpha value is -3.43. The van der Waals surface area contributed by atoms with Crippen molar-refractivity contribution in [1.29, 1.82) is 0 Å². The third-order valence-corrected chi connectivity index (χ3v) is 6.29. The van der Waals surface area contributed by atoms with Gasteiger partial charge in [0.15, 0.2) is 0 Å². The van der Waals surface area contributed by atoms with Gasteiger partial charge in [-0.3, -0.25) is 14.4 Å². The first-order valence-electron chi connectivity index (χ1n) is 11.9. The van der Waals surface area contributed by atoms with E-state index >= 15 is 0 Å². The van der Waals surface area contributed by atoms with E-state index in [-0.39, 0.29) is 49.0 Å². The number of hydrogen-bond acceptors (Lipinski definition) is 6. The van der Waals surface area contributed by atoms with Gasteiger partial charge in [0.1, 0.15) is 19.0 Å². The number of nitrogens with zero attached hydrogens (tertiary/aromatic N) is 2. The van der Waals surface area contributed by atoms with E-state index in [1.165, 1.54) is 7.11 Å². The summed E-state index contributed by atoms with van der Waals surface area (Å²) >= 11 is 0. The molecule has 3 amide bonds. The molecule has 0 radical (unpaired) electrons. The van der Waals surface area contributed by atoms with Gasteiger partial charge in [-0.15, -0.1) is 0 Å². The Balaban J connectivity index is 1.97. The fraction of sp³-hybridized carbons (Fsp3) is 0.444. The summed E-state index contributed by atoms with van der Waals surface area (Å²) in [5.41, 5.74) is 1.43. The Labute approximate surface area is 212 Å². The summed E-state index contributed by atoms with van der Waals surface area (Å²) < 4.78 is 16.7. The molecule has 0 fully saturated rings. The highest BCUT2D eigenvalue weighted by Gasteiger charge is 2.30. The molecule has 0 aromatic heterocycles. The quantitative estimate of drug-likeness (QED) is 0.682. The zero-order valence-corrected chi connectivity index (χ0v) is 21.5. The topological polar surface area (TPSA) is 97.4 Å². The normalized spacial score (nSPS) is 21.0. The molecule has 1 aliphatic heterocycles. The number of carbonyl (C=O) groups excluding carboxylic acids is 3. The Morgan fingerprint density at radius 1 is 1.08 bits per heavy atom. The van der Waals surface area contributed by atoms with E-state index < -0.39 is 0 Å². The average Bonchev–Trinajstić information content (AvgIpc) is 2.88. The van der Waals surface area contributed by atoms with Gasteiger partial charge in [-0.05, 0) is 31.2 Å². The number of hydrogen-bond donors (Lipinski definition) is 1. The van der Waals surface area contributed by atoms with Gasteiger partial charge in [0, 0.05) is 57.6 Å². The molecule has 0 spiro atoms. The van der Waals surface area contributed by atoms with Crippen molar-refractivity contribution in [2.24, 2.45) is 5.92 Å². The largest absolute Gasteiger partial charge is 0.491 e. The van der Waals surface area contributed by atoms with E-state index in [1.807, 2.05) is 32.0 Å². The molecular formula is C27H35N3O6. The maximum Gasteiger partial charge on any atom is 0.257 e. The molecule has 2 aromatic rings. The van der Waals surface area contributed by atoms with Crippen LogP contribution in [0.2, 0.25) is 0 Å². The van der Waals surface area contributed by atoms with Crippen LogP contribution in [0.1, 0.15) is 34.6 Å². The van der Waals surface area contributed by atoms with Crippen molar-refractivity contribution in [3.05, 3.63) is 59.7 Å². The van der Waals surface area contributed by atoms with E-state index in [0.29, 0.717) is 35.7 Å². The van der Waals surface area contributed by atoms with E-state index in [1.54, 1.807) is 54.3 Å². The number of rotatable bonds is 5. The van der Waals surface area contributed by atoms with Crippen LogP contribution in [-0.2, 0) is 14.3 Å². The first kappa shape index (κ1) is 27.2. The second-order valence-electron chi connectivity index (χ2n) is 9.11. The van der Waals surface area contributed by atoms with Gasteiger partial charge in [0.25, 0.3) is 11.8 Å². The number of carbonyl (C=O) groups is 3. The van der Waals surface area contributed by atoms with Crippen molar-refractivity contribution in [3.8, 4) is 5.75 Å². The maximum absolute atomic E-state index is 13.5. The molecule has 1 N–H and O–H groups in total. The van der Waals surface area contributed by atoms with Gasteiger partial charge >= 0.3 is 0 Å². The number of benzene rings is 2. The maximum atomic E-state index is 13.5. The van der Waals surface area contributed by atoms with Crippen LogP contribution < -0.4 is 10.1 Å². The first-order valence-corrected chi connectivity index (χ1v) is 11.9. The SMILES string of the molecule is COCC(=O)Nc1ccc2c(c1)OC[C@H](C)N(C(=O)c1ccccc1)C[C@@H](C)[C@@H](OC)CN(C)C2=O. The second-order valence-corrected chi connectivity index (χ2v) is 9.11. The molecule has 0 saturated heterocycles. The molecule has 2 aromatic carbocycles. The molecule has 1 heterocycles. The average molecular weight is 498 g/mol. The van der Waals surface area contributed by atoms with Crippen molar-refractivity contribution in [3.63, 3.8) is 0 Å². The lowest BCUT2D eigenvalue weighted by molar-refractivity contribution is -0.119. The van der Waals surface area contributed by atoms with Crippen LogP contribution in [0.25, 0.3) is 0 Å². The summed E-state index contributed by atoms with van der Waals surface area (Å²) in [6.07, 6.45) is -0.284. The zero-order valence-electron chi connectivity index (χ0n) is 21.5. The summed E-state index contributed by atoms with van der Waals surface area (Å²) in [7, 11) is 4.76. The molecule has 9 nitrogen and oxygen atoms in total. The molecule has 0 aliphatic carbocycles. The highest BCUT2D eigenvalue weighted by atomic mass is 16.5. The molecule has 9 heteroatoms. The summed E-state index contributed by atoms with van der Waals surface area (Å²) in [6.45, 7) is 4.76. The van der Waals surface area contributed by atoms with Crippen LogP contribution in [0.4, 0.5) is 5.69 Å². The van der Waals surface area contributed by atoms with Crippen LogP contribution in [0.5, 0.6) is 5.75 Å². The van der Waals surface area contributed by atoms with E-state index in [0.717, 1.165) is 0 Å². The summed E-state index contributed by atoms with van der Waals surface area (Å²) in [4.78, 5) is 42.2. The minimum Gasteiger partial charge on any atom is -0.491 e. The van der Waals surface area contributed by atoms with Gasteiger partial charge in [-0.1, -0.05) is 25.1 Å². The van der Waals surface area contributed by atoms with Crippen molar-refractivity contribution >= 4 is 23.4 Å². The number of methoxy groups -OCH3 is 2. The molecule has 0 saturated carbocycles. The fourth-order valence-corrected chi connectivity index (χ4v) is 4.21. The van der Waals surface area contributed by atoms with Gasteiger partial charge in [0.05, 0.1) is 17.7 Å². The van der Waals surface area contributed by atoms with Gasteiger partial charge in [-0.25, -0.2) is 0 Å². The predicted molar refractivity (Wildman–Crippen MR) is 136 cm³/mol. The standard InChI is InChI=1S/C27H35N3O6/c1-18-14-30(26(32)20-9-7-6-8-10-20)19(2)16-36-23-13-21(28-25(31)17-34-4)11-12-22(23)27(33)29(3)15-24(18)35-5/h6-13,18-19,24H,14-17H2,1-5H3,(H,28,31)/t18-,19+,24+/m1/s1. The molecule has 0 bridgehead atoms. The van der Waals surface area contributed by atoms with Gasteiger partial charge in [0.2, 0.25) is 5.91 Å². The Bertz CT molecular complexity index is 1060. The molecule has 1 aliphatic rings. The number of nitrogens with one attached hydrogen (secondary N) is 1. The van der Waals surface area contributed by atoms with Crippen LogP contribution in [0.3, 0.4) is 0 Å². The zero-order chi connectivity index (χ0) is 26.2. The van der Waals surface area contributed by atoms with Crippen molar-refractivity contribution in [1.82, 2.24) is 9.80 Å². The van der Waals surface area contributed by atoms with Crippen molar-refractivity contribution in [2.75, 3.05) is 52.9 Å². The van der Waals surface area contributed by atoms with Gasteiger partial charge in [-0.2, -0.15) is 0 Å². The number of likely N-dealkylation sites (N-methyl/N-ethyl adjacent to an activating group) is 1. The highest BCUT2D eigenvalue weighted by Crippen LogP contribution is 2.27. The number of amides is 3. The lowest BCUT2D eigenvalue weighted by atomic mass is 10.0. The highest BCUT2D eigenvalue weighted by molar-refractivity contribution is 5.98. The second kappa shape index (κ2) is 12.5. The molecule has 3 atom stereocenters. The summed E-state index contributed by atoms with van der Waals surface area (Å²) in [6, 6.07) is 13.7. The van der Waals surface area contributed by atoms with Crippen LogP contribution >= 0.6 is 0 Å². The minimum atomic E-state index is -0.320. The van der Waals surface area contributed by atoms with E-state index in [4.69, 9.17) is 14.2 Å². The van der Waals surface area contributed by atoms with Gasteiger partial charge < -0.3 is 29.3 Å². The molecule has 194 valence electrons. The fourth-order valence-electron chi connectivity index (χ4n) is 4.21. The third-order valence-electron chi connectivity index (χ3n) is 6.29. The lowest BCUT2D eigenvalue weighted by Gasteiger charge is -2.36. The first-order chi connectivity index (χ1) is 17.2. The van der Waals surface area contributed by atoms with Crippen LogP contribution in [0.15, 0.2) is 48.5 Å². The summed E-state index contributed by atoms with van der Waals surface area (Å²) in [5, 5.41) is 2.73. The van der Waals surface area contributed by atoms with E-state index in [9.17, 15) is 14.4 Å². The Kier molecular flexibility index (Phi) is 9.44. The molecule has 3 rings (SSSR count). The Morgan fingerprint density at radius 3 is 2.47 bits per heavy atom. The predicted octanol–water partition coefficient (Wildman–Crippen LogP) is 2.92. The smallest absolute Gasteiger partial charge is 0.257 e. The number of ether oxygens (including phenoxy) is 3. The van der Waals surface area contributed by atoms with Crippen molar-refractivity contribution < 1.29 is 28.6 Å². The van der Waals surface area contributed by atoms with Crippen molar-refractivity contribution in [2.45, 2.75) is 26.0 Å². The number of anilines is 1. The minimum absolute atomic E-state index is 0.0439.